The van der Waals surface area contributed by atoms with Gasteiger partial charge in [0.05, 0.1) is 0 Å². The van der Waals surface area contributed by atoms with Crippen LogP contribution in [0.1, 0.15) is 95.6 Å². The summed E-state index contributed by atoms with van der Waals surface area (Å²) >= 11 is 0. The molecule has 170 valence electrons. The zero-order chi connectivity index (χ0) is 22.3. The molecule has 0 aromatic heterocycles. The molecule has 0 saturated heterocycles. The molecular weight excluding hydrogens is 376 g/mol. The van der Waals surface area contributed by atoms with Gasteiger partial charge in [-0.15, -0.1) is 0 Å². The van der Waals surface area contributed by atoms with Gasteiger partial charge in [-0.05, 0) is 66.7 Å². The average Bonchev–Trinajstić information content (AvgIpc) is 2.78. The van der Waals surface area contributed by atoms with Gasteiger partial charge in [0, 0.05) is 0 Å². The first kappa shape index (κ1) is 25.2. The van der Waals surface area contributed by atoms with Gasteiger partial charge in [0.1, 0.15) is 5.75 Å². The molecule has 0 spiro atoms. The van der Waals surface area contributed by atoms with E-state index in [1.54, 1.807) is 6.07 Å². The van der Waals surface area contributed by atoms with Gasteiger partial charge in [-0.2, -0.15) is 0 Å². The molecule has 0 heterocycles. The van der Waals surface area contributed by atoms with Crippen molar-refractivity contribution in [3.05, 3.63) is 77.9 Å². The Bertz CT molecular complexity index is 733. The van der Waals surface area contributed by atoms with E-state index in [0.717, 1.165) is 18.8 Å². The van der Waals surface area contributed by atoms with Crippen LogP contribution in [0.4, 0.5) is 0 Å². The fraction of sp³-hybridized carbons (Fsp3) is 0.533. The molecule has 31 heavy (non-hydrogen) atoms. The first-order valence-corrected chi connectivity index (χ1v) is 12.6. The third kappa shape index (κ3) is 10.2. The molecule has 3 atom stereocenters. The fourth-order valence-electron chi connectivity index (χ4n) is 4.39. The third-order valence-corrected chi connectivity index (χ3v) is 6.81. The van der Waals surface area contributed by atoms with Crippen molar-refractivity contribution in [1.82, 2.24) is 0 Å². The molecule has 0 aliphatic heterocycles. The lowest BCUT2D eigenvalue weighted by molar-refractivity contribution is 0.403. The number of allylic oxidation sites excluding steroid dienone is 2. The largest absolute Gasteiger partial charge is 0.508 e. The van der Waals surface area contributed by atoms with Crippen molar-refractivity contribution < 1.29 is 5.11 Å². The maximum Gasteiger partial charge on any atom is 0.115 e. The molecule has 1 nitrogen and oxygen atoms in total. The number of benzene rings is 2. The predicted molar refractivity (Wildman–Crippen MR) is 136 cm³/mol. The fourth-order valence-corrected chi connectivity index (χ4v) is 4.39. The van der Waals surface area contributed by atoms with Gasteiger partial charge < -0.3 is 5.11 Å². The molecule has 1 heteroatoms. The van der Waals surface area contributed by atoms with Gasteiger partial charge in [-0.25, -0.2) is 0 Å². The number of hydrogen-bond acceptors (Lipinski definition) is 1. The Morgan fingerprint density at radius 2 is 1.55 bits per heavy atom. The Morgan fingerprint density at radius 1 is 0.839 bits per heavy atom. The van der Waals surface area contributed by atoms with Crippen LogP contribution < -0.4 is 0 Å². The van der Waals surface area contributed by atoms with Gasteiger partial charge in [0.25, 0.3) is 0 Å². The summed E-state index contributed by atoms with van der Waals surface area (Å²) < 4.78 is 0. The second-order valence-electron chi connectivity index (χ2n) is 9.35. The summed E-state index contributed by atoms with van der Waals surface area (Å²) in [7, 11) is 0. The van der Waals surface area contributed by atoms with E-state index in [2.05, 4.69) is 69.3 Å². The lowest BCUT2D eigenvalue weighted by atomic mass is 9.88. The predicted octanol–water partition coefficient (Wildman–Crippen LogP) is 9.08. The summed E-state index contributed by atoms with van der Waals surface area (Å²) in [5, 5.41) is 9.52. The van der Waals surface area contributed by atoms with Gasteiger partial charge in [0.2, 0.25) is 0 Å². The van der Waals surface area contributed by atoms with Crippen LogP contribution in [0, 0.1) is 11.8 Å². The Labute approximate surface area is 191 Å². The molecule has 0 radical (unpaired) electrons. The lowest BCUT2D eigenvalue weighted by Crippen LogP contribution is -2.05. The molecule has 3 unspecified atom stereocenters. The van der Waals surface area contributed by atoms with Crippen molar-refractivity contribution in [3.63, 3.8) is 0 Å². The maximum atomic E-state index is 9.52. The Morgan fingerprint density at radius 3 is 2.26 bits per heavy atom. The van der Waals surface area contributed by atoms with E-state index in [1.807, 2.05) is 12.1 Å². The maximum absolute atomic E-state index is 9.52. The number of aromatic hydroxyl groups is 1. The van der Waals surface area contributed by atoms with Gasteiger partial charge in [0.15, 0.2) is 0 Å². The molecule has 2 aromatic carbocycles. The molecule has 0 bridgehead atoms. The highest BCUT2D eigenvalue weighted by atomic mass is 16.3. The van der Waals surface area contributed by atoms with E-state index in [-0.39, 0.29) is 0 Å². The second kappa shape index (κ2) is 14.9. The smallest absolute Gasteiger partial charge is 0.115 e. The van der Waals surface area contributed by atoms with E-state index in [0.29, 0.717) is 17.6 Å². The first-order valence-electron chi connectivity index (χ1n) is 12.6. The molecule has 2 aromatic rings. The SMILES string of the molecule is CCC(CC=CC(C)C(C)CCCCCCCCc1cccc(O)c1)c1ccccc1. The van der Waals surface area contributed by atoms with Crippen LogP contribution in [0.3, 0.4) is 0 Å². The van der Waals surface area contributed by atoms with Crippen molar-refractivity contribution in [2.45, 2.75) is 90.9 Å². The van der Waals surface area contributed by atoms with Crippen LogP contribution in [0.5, 0.6) is 5.75 Å². The summed E-state index contributed by atoms with van der Waals surface area (Å²) in [4.78, 5) is 0. The van der Waals surface area contributed by atoms with Crippen molar-refractivity contribution in [2.75, 3.05) is 0 Å². The highest BCUT2D eigenvalue weighted by molar-refractivity contribution is 5.27. The molecule has 1 N–H and O–H groups in total. The monoisotopic (exact) mass is 420 g/mol. The van der Waals surface area contributed by atoms with E-state index in [4.69, 9.17) is 0 Å². The quantitative estimate of drug-likeness (QED) is 0.225. The molecule has 0 saturated carbocycles. The number of rotatable bonds is 15. The minimum absolute atomic E-state index is 0.386. The van der Waals surface area contributed by atoms with Crippen LogP contribution in [-0.4, -0.2) is 5.11 Å². The van der Waals surface area contributed by atoms with Gasteiger partial charge in [-0.3, -0.25) is 0 Å². The summed E-state index contributed by atoms with van der Waals surface area (Å²) in [6.07, 6.45) is 17.6. The van der Waals surface area contributed by atoms with E-state index in [9.17, 15) is 5.11 Å². The number of hydrogen-bond donors (Lipinski definition) is 1. The van der Waals surface area contributed by atoms with Crippen LogP contribution in [0.15, 0.2) is 66.7 Å². The standard InChI is InChI=1S/C30H44O/c1-4-28(29-20-12-9-13-21-29)22-14-17-26(3)25(2)16-10-7-5-6-8-11-18-27-19-15-23-30(31)24-27/h9,12-15,17,19-21,23-26,28,31H,4-8,10-11,16,18,22H2,1-3H3. The third-order valence-electron chi connectivity index (χ3n) is 6.81. The Hall–Kier alpha value is -2.02. The van der Waals surface area contributed by atoms with Crippen LogP contribution >= 0.6 is 0 Å². The zero-order valence-corrected chi connectivity index (χ0v) is 20.1. The normalized spacial score (nSPS) is 14.5. The molecule has 0 amide bonds. The van der Waals surface area contributed by atoms with Crippen molar-refractivity contribution in [1.29, 1.82) is 0 Å². The molecule has 2 rings (SSSR count). The van der Waals surface area contributed by atoms with Gasteiger partial charge in [-0.1, -0.05) is 114 Å². The van der Waals surface area contributed by atoms with Crippen LogP contribution in [-0.2, 0) is 6.42 Å². The minimum Gasteiger partial charge on any atom is -0.508 e. The van der Waals surface area contributed by atoms with Crippen molar-refractivity contribution in [3.8, 4) is 5.75 Å². The topological polar surface area (TPSA) is 20.2 Å². The molecule has 0 fully saturated rings. The Kier molecular flexibility index (Phi) is 12.1. The second-order valence-corrected chi connectivity index (χ2v) is 9.35. The molecular formula is C30H44O. The summed E-state index contributed by atoms with van der Waals surface area (Å²) in [5.41, 5.74) is 2.72. The Balaban J connectivity index is 1.53. The highest BCUT2D eigenvalue weighted by Gasteiger charge is 2.10. The number of unbranched alkanes of at least 4 members (excludes halogenated alkanes) is 5. The van der Waals surface area contributed by atoms with Crippen LogP contribution in [0.2, 0.25) is 0 Å². The van der Waals surface area contributed by atoms with Crippen molar-refractivity contribution in [2.24, 2.45) is 11.8 Å². The zero-order valence-electron chi connectivity index (χ0n) is 20.1. The molecule has 0 aliphatic carbocycles. The summed E-state index contributed by atoms with van der Waals surface area (Å²) in [6.45, 7) is 7.09. The summed E-state index contributed by atoms with van der Waals surface area (Å²) in [5.74, 6) is 2.46. The number of phenols is 1. The lowest BCUT2D eigenvalue weighted by Gasteiger charge is -2.17. The van der Waals surface area contributed by atoms with E-state index in [1.165, 1.54) is 62.5 Å². The van der Waals surface area contributed by atoms with Gasteiger partial charge >= 0.3 is 0 Å². The van der Waals surface area contributed by atoms with Crippen molar-refractivity contribution >= 4 is 0 Å². The average molecular weight is 421 g/mol. The first-order chi connectivity index (χ1) is 15.1. The van der Waals surface area contributed by atoms with E-state index >= 15 is 0 Å². The number of phenolic OH excluding ortho intramolecular Hbond substituents is 1. The number of aryl methyl sites for hydroxylation is 1. The van der Waals surface area contributed by atoms with Crippen LogP contribution in [0.25, 0.3) is 0 Å². The minimum atomic E-state index is 0.386. The van der Waals surface area contributed by atoms with E-state index < -0.39 is 0 Å². The highest BCUT2D eigenvalue weighted by Crippen LogP contribution is 2.25. The summed E-state index contributed by atoms with van der Waals surface area (Å²) in [6, 6.07) is 18.6. The molecule has 0 aliphatic rings.